The summed E-state index contributed by atoms with van der Waals surface area (Å²) in [7, 11) is 4.26. The average molecular weight is 847 g/mol. The number of hydrogen-bond donors (Lipinski definition) is 4. The normalized spacial score (nSPS) is 23.5. The maximum absolute atomic E-state index is 14.0. The molecule has 16 heteroatoms. The monoisotopic (exact) mass is 846 g/mol. The summed E-state index contributed by atoms with van der Waals surface area (Å²) >= 11 is 0. The van der Waals surface area contributed by atoms with E-state index in [-0.39, 0.29) is 47.7 Å². The zero-order valence-electron chi connectivity index (χ0n) is 35.9. The fourth-order valence-electron chi connectivity index (χ4n) is 10.3. The Morgan fingerprint density at radius 1 is 0.952 bits per heavy atom. The van der Waals surface area contributed by atoms with Gasteiger partial charge in [0.2, 0.25) is 11.8 Å². The van der Waals surface area contributed by atoms with E-state index in [1.807, 2.05) is 24.8 Å². The number of benzene rings is 3. The SMILES string of the molecule is CCC1C[C@H]2CC[C@@H](c3nc4c(ccc5cc6c(cc54)OCc4cc(-c5cnc([C@@H]7C[C@H](COC)CN7C(=O)[C@@H](NC(=O)OC)C(C)C)[nH]5)ccc4-6)[nH]3)N2C(=O)[C@H]1NC(=O)OC. The minimum absolute atomic E-state index is 0.0479. The van der Waals surface area contributed by atoms with Crippen LogP contribution in [0.3, 0.4) is 0 Å². The third-order valence-electron chi connectivity index (χ3n) is 13.4. The molecular weight excluding hydrogens is 793 g/mol. The van der Waals surface area contributed by atoms with Crippen LogP contribution in [0.15, 0.2) is 48.7 Å². The Morgan fingerprint density at radius 3 is 2.53 bits per heavy atom. The van der Waals surface area contributed by atoms with E-state index < -0.39 is 24.3 Å². The number of hydrogen-bond acceptors (Lipinski definition) is 10. The van der Waals surface area contributed by atoms with Crippen molar-refractivity contribution in [3.63, 3.8) is 0 Å². The molecule has 6 heterocycles. The highest BCUT2D eigenvalue weighted by atomic mass is 16.5. The lowest BCUT2D eigenvalue weighted by molar-refractivity contribution is -0.142. The molecule has 0 saturated carbocycles. The topological polar surface area (TPSA) is 193 Å². The molecule has 4 amide bonds. The number of H-pyrrole nitrogens is 2. The van der Waals surface area contributed by atoms with Crippen molar-refractivity contribution >= 4 is 45.8 Å². The van der Waals surface area contributed by atoms with Gasteiger partial charge in [-0.1, -0.05) is 45.4 Å². The van der Waals surface area contributed by atoms with E-state index in [2.05, 4.69) is 63.9 Å². The lowest BCUT2D eigenvalue weighted by atomic mass is 9.84. The van der Waals surface area contributed by atoms with E-state index in [0.717, 1.165) is 87.0 Å². The number of likely N-dealkylation sites (tertiary alicyclic amines) is 1. The van der Waals surface area contributed by atoms with Crippen LogP contribution in [-0.4, -0.2) is 106 Å². The van der Waals surface area contributed by atoms with Crippen LogP contribution in [0.2, 0.25) is 0 Å². The Kier molecular flexibility index (Phi) is 11.0. The molecule has 1 unspecified atom stereocenters. The molecule has 0 spiro atoms. The Bertz CT molecular complexity index is 2550. The van der Waals surface area contributed by atoms with Crippen LogP contribution < -0.4 is 15.4 Å². The number of nitrogens with one attached hydrogen (secondary N) is 4. The van der Waals surface area contributed by atoms with Gasteiger partial charge in [0.05, 0.1) is 55.8 Å². The van der Waals surface area contributed by atoms with E-state index in [0.29, 0.717) is 32.0 Å². The van der Waals surface area contributed by atoms with Gasteiger partial charge in [-0.25, -0.2) is 19.6 Å². The first-order valence-corrected chi connectivity index (χ1v) is 21.6. The van der Waals surface area contributed by atoms with Gasteiger partial charge < -0.3 is 49.3 Å². The van der Waals surface area contributed by atoms with Gasteiger partial charge in [-0.15, -0.1) is 0 Å². The van der Waals surface area contributed by atoms with Crippen LogP contribution in [-0.2, 0) is 30.4 Å². The van der Waals surface area contributed by atoms with Crippen LogP contribution in [0.1, 0.15) is 82.2 Å². The Balaban J connectivity index is 0.968. The van der Waals surface area contributed by atoms with Crippen molar-refractivity contribution in [1.82, 2.24) is 40.4 Å². The summed E-state index contributed by atoms with van der Waals surface area (Å²) in [5, 5.41) is 7.50. The van der Waals surface area contributed by atoms with Gasteiger partial charge in [-0.3, -0.25) is 9.59 Å². The van der Waals surface area contributed by atoms with Crippen LogP contribution in [0.4, 0.5) is 9.59 Å². The molecule has 3 fully saturated rings. The summed E-state index contributed by atoms with van der Waals surface area (Å²) in [6.07, 6.45) is 4.50. The van der Waals surface area contributed by atoms with E-state index in [4.69, 9.17) is 28.9 Å². The molecule has 3 saturated heterocycles. The molecule has 0 radical (unpaired) electrons. The van der Waals surface area contributed by atoms with Crippen molar-refractivity contribution in [1.29, 1.82) is 0 Å². The van der Waals surface area contributed by atoms with Gasteiger partial charge in [0.25, 0.3) is 0 Å². The Hall–Kier alpha value is -6.16. The first kappa shape index (κ1) is 41.2. The number of aromatic amines is 2. The second kappa shape index (κ2) is 16.6. The summed E-state index contributed by atoms with van der Waals surface area (Å²) in [6.45, 7) is 7.20. The minimum Gasteiger partial charge on any atom is -0.488 e. The number of imidazole rings is 2. The fourth-order valence-corrected chi connectivity index (χ4v) is 10.3. The van der Waals surface area contributed by atoms with Gasteiger partial charge in [0.15, 0.2) is 0 Å². The summed E-state index contributed by atoms with van der Waals surface area (Å²) in [5.74, 6) is 1.91. The number of alkyl carbamates (subject to hydrolysis) is 2. The molecule has 326 valence electrons. The van der Waals surface area contributed by atoms with Crippen LogP contribution >= 0.6 is 0 Å². The zero-order valence-corrected chi connectivity index (χ0v) is 35.9. The molecule has 62 heavy (non-hydrogen) atoms. The summed E-state index contributed by atoms with van der Waals surface area (Å²) in [4.78, 5) is 73.0. The van der Waals surface area contributed by atoms with Gasteiger partial charge in [0.1, 0.15) is 36.1 Å². The number of aromatic nitrogens is 4. The number of methoxy groups -OCH3 is 3. The molecule has 9 rings (SSSR count). The third kappa shape index (κ3) is 7.27. The second-order valence-corrected chi connectivity index (χ2v) is 17.4. The lowest BCUT2D eigenvalue weighted by Gasteiger charge is -2.41. The smallest absolute Gasteiger partial charge is 0.407 e. The number of amides is 4. The lowest BCUT2D eigenvalue weighted by Crippen LogP contribution is -2.58. The number of ether oxygens (including phenoxy) is 4. The number of rotatable bonds is 10. The average Bonchev–Trinajstić information content (AvgIpc) is 4.11. The molecule has 4 aliphatic rings. The number of carbonyl (C=O) groups excluding carboxylic acids is 4. The second-order valence-electron chi connectivity index (χ2n) is 17.4. The molecular formula is C46H54N8O8. The molecule has 4 aliphatic heterocycles. The van der Waals surface area contributed by atoms with Crippen LogP contribution in [0.5, 0.6) is 5.75 Å². The number of nitrogens with zero attached hydrogens (tertiary/aromatic N) is 4. The predicted octanol–water partition coefficient (Wildman–Crippen LogP) is 6.77. The number of carbonyl (C=O) groups is 4. The fraction of sp³-hybridized carbons (Fsp3) is 0.478. The highest BCUT2D eigenvalue weighted by molar-refractivity contribution is 6.07. The van der Waals surface area contributed by atoms with E-state index in [9.17, 15) is 19.2 Å². The quantitative estimate of drug-likeness (QED) is 0.117. The van der Waals surface area contributed by atoms with E-state index >= 15 is 0 Å². The third-order valence-corrected chi connectivity index (χ3v) is 13.4. The first-order valence-electron chi connectivity index (χ1n) is 21.6. The largest absolute Gasteiger partial charge is 0.488 e. The first-order chi connectivity index (χ1) is 30.0. The zero-order chi connectivity index (χ0) is 43.4. The van der Waals surface area contributed by atoms with E-state index in [1.54, 1.807) is 18.2 Å². The maximum atomic E-state index is 14.0. The maximum Gasteiger partial charge on any atom is 0.407 e. The predicted molar refractivity (Wildman–Crippen MR) is 230 cm³/mol. The van der Waals surface area contributed by atoms with Crippen LogP contribution in [0.25, 0.3) is 44.2 Å². The van der Waals surface area contributed by atoms with Crippen LogP contribution in [0, 0.1) is 17.8 Å². The van der Waals surface area contributed by atoms with Gasteiger partial charge in [-0.2, -0.15) is 0 Å². The molecule has 7 atom stereocenters. The number of piperidine rings is 1. The summed E-state index contributed by atoms with van der Waals surface area (Å²) < 4.78 is 21.6. The van der Waals surface area contributed by atoms with Crippen molar-refractivity contribution < 1.29 is 38.1 Å². The minimum atomic E-state index is -0.753. The van der Waals surface area contributed by atoms with E-state index in [1.165, 1.54) is 14.2 Å². The van der Waals surface area contributed by atoms with Gasteiger partial charge in [-0.05, 0) is 83.9 Å². The van der Waals surface area contributed by atoms with Gasteiger partial charge in [0, 0.05) is 36.6 Å². The molecule has 0 aliphatic carbocycles. The molecule has 4 N–H and O–H groups in total. The highest BCUT2D eigenvalue weighted by Gasteiger charge is 2.49. The Labute approximate surface area is 359 Å². The summed E-state index contributed by atoms with van der Waals surface area (Å²) in [5.41, 5.74) is 6.56. The molecule has 16 nitrogen and oxygen atoms in total. The molecule has 2 aromatic heterocycles. The Morgan fingerprint density at radius 2 is 1.77 bits per heavy atom. The van der Waals surface area contributed by atoms with Crippen molar-refractivity contribution in [2.75, 3.05) is 34.5 Å². The summed E-state index contributed by atoms with van der Waals surface area (Å²) in [6, 6.07) is 12.8. The highest BCUT2D eigenvalue weighted by Crippen LogP contribution is 2.46. The molecule has 0 bridgehead atoms. The van der Waals surface area contributed by atoms with Crippen molar-refractivity contribution in [2.45, 2.75) is 89.7 Å². The van der Waals surface area contributed by atoms with Gasteiger partial charge >= 0.3 is 12.2 Å². The van der Waals surface area contributed by atoms with Crippen molar-refractivity contribution in [3.8, 4) is 28.1 Å². The van der Waals surface area contributed by atoms with Crippen molar-refractivity contribution in [2.24, 2.45) is 17.8 Å². The molecule has 5 aromatic rings. The molecule has 3 aromatic carbocycles. The standard InChI is InChI=1S/C46H54N8O8/c1-7-25-16-29-10-13-35(54(29)44(56)39(25)52-46(58)61-6)42-48-33-12-9-26-17-32-30-11-8-27(15-28(30)22-62-37(32)18-31(26)40(33)50-42)34-19-47-41(49-34)36-14-24(21-59-4)20-53(36)43(55)38(23(2)3)51-45(57)60-5/h8-9,11-12,15,17-19,23-25,29,35-36,38-39H,7,10,13-14,16,20-22H2,1-6H3,(H,47,49)(H,48,50)(H,51,57)(H,52,58)/t24-,25?,29+,35-,36-,38-,39-/m0/s1. The van der Waals surface area contributed by atoms with Crippen molar-refractivity contribution in [3.05, 3.63) is 65.9 Å². The number of fused-ring (bicyclic) bond motifs is 7.